The Labute approximate surface area is 142 Å². The van der Waals surface area contributed by atoms with Gasteiger partial charge >= 0.3 is 0 Å². The van der Waals surface area contributed by atoms with E-state index in [0.29, 0.717) is 6.42 Å². The van der Waals surface area contributed by atoms with Crippen LogP contribution in [0.3, 0.4) is 0 Å². The third kappa shape index (κ3) is 3.98. The Morgan fingerprint density at radius 2 is 1.95 bits per heavy atom. The minimum Gasteiger partial charge on any atom is -0.299 e. The van der Waals surface area contributed by atoms with Crippen LogP contribution in [-0.2, 0) is 6.54 Å². The lowest BCUT2D eigenvalue weighted by molar-refractivity contribution is 0.00710. The SMILES string of the molecule is CC(C)(C)C1(CC#N)CCN(Cc2cccc(I)c2)CC1. The maximum atomic E-state index is 9.21. The molecular formula is C18H25IN2. The summed E-state index contributed by atoms with van der Waals surface area (Å²) in [7, 11) is 0. The lowest BCUT2D eigenvalue weighted by Gasteiger charge is -2.49. The van der Waals surface area contributed by atoms with Gasteiger partial charge in [0, 0.05) is 16.5 Å². The highest BCUT2D eigenvalue weighted by Gasteiger charge is 2.43. The van der Waals surface area contributed by atoms with Gasteiger partial charge in [0.1, 0.15) is 0 Å². The van der Waals surface area contributed by atoms with Crippen molar-refractivity contribution in [3.05, 3.63) is 33.4 Å². The molecule has 1 aliphatic heterocycles. The largest absolute Gasteiger partial charge is 0.299 e. The fourth-order valence-electron chi connectivity index (χ4n) is 3.38. The van der Waals surface area contributed by atoms with E-state index in [2.05, 4.69) is 78.6 Å². The van der Waals surface area contributed by atoms with Crippen LogP contribution in [0.25, 0.3) is 0 Å². The molecule has 21 heavy (non-hydrogen) atoms. The van der Waals surface area contributed by atoms with Gasteiger partial charge in [0.15, 0.2) is 0 Å². The van der Waals surface area contributed by atoms with Crippen molar-refractivity contribution in [1.82, 2.24) is 4.90 Å². The lowest BCUT2D eigenvalue weighted by atomic mass is 9.60. The van der Waals surface area contributed by atoms with E-state index in [-0.39, 0.29) is 10.8 Å². The Morgan fingerprint density at radius 1 is 1.29 bits per heavy atom. The lowest BCUT2D eigenvalue weighted by Crippen LogP contribution is -2.46. The standard InChI is InChI=1S/C18H25IN2/c1-17(2,3)18(7-10-20)8-11-21(12-9-18)14-15-5-4-6-16(19)13-15/h4-6,13H,7-9,11-12,14H2,1-3H3. The highest BCUT2D eigenvalue weighted by Crippen LogP contribution is 2.49. The van der Waals surface area contributed by atoms with E-state index in [1.54, 1.807) is 0 Å². The van der Waals surface area contributed by atoms with E-state index in [9.17, 15) is 5.26 Å². The Kier molecular flexibility index (Phi) is 5.32. The summed E-state index contributed by atoms with van der Waals surface area (Å²) in [5.74, 6) is 0. The van der Waals surface area contributed by atoms with Crippen molar-refractivity contribution in [2.75, 3.05) is 13.1 Å². The van der Waals surface area contributed by atoms with Crippen LogP contribution in [-0.4, -0.2) is 18.0 Å². The first-order chi connectivity index (χ1) is 9.86. The summed E-state index contributed by atoms with van der Waals surface area (Å²) in [6, 6.07) is 11.2. The number of nitriles is 1. The minimum absolute atomic E-state index is 0.184. The van der Waals surface area contributed by atoms with Gasteiger partial charge in [-0.25, -0.2) is 0 Å². The number of likely N-dealkylation sites (tertiary alicyclic amines) is 1. The van der Waals surface area contributed by atoms with Gasteiger partial charge in [0.2, 0.25) is 0 Å². The second-order valence-electron chi connectivity index (χ2n) is 7.27. The molecule has 0 atom stereocenters. The zero-order chi connectivity index (χ0) is 15.5. The van der Waals surface area contributed by atoms with Crippen molar-refractivity contribution < 1.29 is 0 Å². The normalized spacial score (nSPS) is 19.2. The number of nitrogens with zero attached hydrogens (tertiary/aromatic N) is 2. The van der Waals surface area contributed by atoms with Crippen LogP contribution in [0.5, 0.6) is 0 Å². The Morgan fingerprint density at radius 3 is 2.48 bits per heavy atom. The average molecular weight is 396 g/mol. The van der Waals surface area contributed by atoms with E-state index in [0.717, 1.165) is 32.5 Å². The fourth-order valence-corrected chi connectivity index (χ4v) is 3.98. The molecule has 1 aromatic rings. The first-order valence-corrected chi connectivity index (χ1v) is 8.78. The monoisotopic (exact) mass is 396 g/mol. The van der Waals surface area contributed by atoms with Crippen molar-refractivity contribution in [3.8, 4) is 6.07 Å². The zero-order valence-electron chi connectivity index (χ0n) is 13.3. The quantitative estimate of drug-likeness (QED) is 0.685. The predicted molar refractivity (Wildman–Crippen MR) is 95.8 cm³/mol. The zero-order valence-corrected chi connectivity index (χ0v) is 15.5. The van der Waals surface area contributed by atoms with Crippen LogP contribution in [0.1, 0.15) is 45.6 Å². The highest BCUT2D eigenvalue weighted by molar-refractivity contribution is 14.1. The average Bonchev–Trinajstić information content (AvgIpc) is 2.40. The molecule has 0 spiro atoms. The van der Waals surface area contributed by atoms with Crippen LogP contribution in [0.2, 0.25) is 0 Å². The summed E-state index contributed by atoms with van der Waals surface area (Å²) in [6.45, 7) is 10.1. The van der Waals surface area contributed by atoms with E-state index in [4.69, 9.17) is 0 Å². The highest BCUT2D eigenvalue weighted by atomic mass is 127. The van der Waals surface area contributed by atoms with Gasteiger partial charge in [-0.15, -0.1) is 0 Å². The van der Waals surface area contributed by atoms with Gasteiger partial charge in [-0.1, -0.05) is 32.9 Å². The molecule has 1 heterocycles. The van der Waals surface area contributed by atoms with Crippen LogP contribution >= 0.6 is 22.6 Å². The Hall–Kier alpha value is -0.600. The summed E-state index contributed by atoms with van der Waals surface area (Å²) in [4.78, 5) is 2.53. The molecule has 1 saturated heterocycles. The molecule has 0 saturated carbocycles. The van der Waals surface area contributed by atoms with Crippen molar-refractivity contribution in [2.45, 2.75) is 46.6 Å². The van der Waals surface area contributed by atoms with E-state index in [1.807, 2.05) is 0 Å². The second kappa shape index (κ2) is 6.66. The molecular weight excluding hydrogens is 371 g/mol. The summed E-state index contributed by atoms with van der Waals surface area (Å²) in [5.41, 5.74) is 1.78. The smallest absolute Gasteiger partial charge is 0.0627 e. The molecule has 1 aliphatic rings. The molecule has 0 aliphatic carbocycles. The molecule has 1 aromatic carbocycles. The van der Waals surface area contributed by atoms with Gasteiger partial charge in [0.25, 0.3) is 0 Å². The molecule has 0 radical (unpaired) electrons. The fraction of sp³-hybridized carbons (Fsp3) is 0.611. The Balaban J connectivity index is 2.01. The molecule has 2 nitrogen and oxygen atoms in total. The van der Waals surface area contributed by atoms with Crippen molar-refractivity contribution in [2.24, 2.45) is 10.8 Å². The molecule has 0 aromatic heterocycles. The molecule has 2 rings (SSSR count). The van der Waals surface area contributed by atoms with Crippen molar-refractivity contribution in [1.29, 1.82) is 5.26 Å². The van der Waals surface area contributed by atoms with Gasteiger partial charge in [0.05, 0.1) is 6.07 Å². The van der Waals surface area contributed by atoms with Gasteiger partial charge < -0.3 is 0 Å². The number of hydrogen-bond donors (Lipinski definition) is 0. The molecule has 3 heteroatoms. The number of halogens is 1. The molecule has 0 amide bonds. The molecule has 114 valence electrons. The van der Waals surface area contributed by atoms with Gasteiger partial charge in [-0.3, -0.25) is 4.90 Å². The van der Waals surface area contributed by atoms with Gasteiger partial charge in [-0.05, 0) is 77.0 Å². The molecule has 0 N–H and O–H groups in total. The van der Waals surface area contributed by atoms with Crippen LogP contribution < -0.4 is 0 Å². The number of benzene rings is 1. The van der Waals surface area contributed by atoms with Crippen LogP contribution in [0, 0.1) is 25.7 Å². The van der Waals surface area contributed by atoms with Crippen LogP contribution in [0.15, 0.2) is 24.3 Å². The molecule has 0 unspecified atom stereocenters. The second-order valence-corrected chi connectivity index (χ2v) is 8.52. The van der Waals surface area contributed by atoms with Crippen LogP contribution in [0.4, 0.5) is 0 Å². The topological polar surface area (TPSA) is 27.0 Å². The number of rotatable bonds is 3. The van der Waals surface area contributed by atoms with E-state index in [1.165, 1.54) is 9.13 Å². The maximum Gasteiger partial charge on any atom is 0.0627 e. The third-order valence-corrected chi connectivity index (χ3v) is 5.79. The van der Waals surface area contributed by atoms with Crippen molar-refractivity contribution in [3.63, 3.8) is 0 Å². The summed E-state index contributed by atoms with van der Waals surface area (Å²) >= 11 is 2.37. The van der Waals surface area contributed by atoms with E-state index >= 15 is 0 Å². The maximum absolute atomic E-state index is 9.21. The first kappa shape index (κ1) is 16.8. The van der Waals surface area contributed by atoms with E-state index < -0.39 is 0 Å². The summed E-state index contributed by atoms with van der Waals surface area (Å²) < 4.78 is 1.30. The third-order valence-electron chi connectivity index (χ3n) is 5.12. The van der Waals surface area contributed by atoms with Gasteiger partial charge in [-0.2, -0.15) is 5.26 Å². The first-order valence-electron chi connectivity index (χ1n) is 7.70. The molecule has 0 bridgehead atoms. The Bertz CT molecular complexity index is 517. The van der Waals surface area contributed by atoms with Crippen molar-refractivity contribution >= 4 is 22.6 Å². The minimum atomic E-state index is 0.184. The number of piperidine rings is 1. The number of hydrogen-bond acceptors (Lipinski definition) is 2. The summed E-state index contributed by atoms with van der Waals surface area (Å²) in [6.07, 6.45) is 2.95. The predicted octanol–water partition coefficient (Wildman–Crippen LogP) is 4.83. The molecule has 1 fully saturated rings. The summed E-state index contributed by atoms with van der Waals surface area (Å²) in [5, 5.41) is 9.21.